The fourth-order valence-electron chi connectivity index (χ4n) is 3.44. The van der Waals surface area contributed by atoms with E-state index in [0.29, 0.717) is 34.3 Å². The maximum absolute atomic E-state index is 13.6. The molecule has 2 aromatic carbocycles. The van der Waals surface area contributed by atoms with Crippen molar-refractivity contribution in [1.82, 2.24) is 10.2 Å². The van der Waals surface area contributed by atoms with Crippen molar-refractivity contribution in [1.29, 1.82) is 0 Å². The van der Waals surface area contributed by atoms with E-state index in [-0.39, 0.29) is 12.5 Å². The zero-order valence-corrected chi connectivity index (χ0v) is 22.2. The average molecular weight is 529 g/mol. The van der Waals surface area contributed by atoms with Gasteiger partial charge in [0.25, 0.3) is 0 Å². The number of aryl methyl sites for hydroxylation is 1. The summed E-state index contributed by atoms with van der Waals surface area (Å²) < 4.78 is 26.2. The lowest BCUT2D eigenvalue weighted by molar-refractivity contribution is -0.140. The zero-order valence-electron chi connectivity index (χ0n) is 19.8. The van der Waals surface area contributed by atoms with Gasteiger partial charge < -0.3 is 10.2 Å². The number of carbonyl (C=O) groups is 2. The summed E-state index contributed by atoms with van der Waals surface area (Å²) in [7, 11) is -3.77. The predicted octanol–water partition coefficient (Wildman–Crippen LogP) is 4.40. The third-order valence-corrected chi connectivity index (χ3v) is 7.02. The van der Waals surface area contributed by atoms with Gasteiger partial charge in [-0.1, -0.05) is 60.8 Å². The lowest BCUT2D eigenvalue weighted by Gasteiger charge is -2.33. The quantitative estimate of drug-likeness (QED) is 0.469. The number of anilines is 1. The molecule has 0 unspecified atom stereocenters. The number of carbonyl (C=O) groups excluding carboxylic acids is 2. The van der Waals surface area contributed by atoms with Crippen LogP contribution in [0.4, 0.5) is 5.69 Å². The molecule has 10 heteroatoms. The van der Waals surface area contributed by atoms with Gasteiger partial charge >= 0.3 is 0 Å². The molecule has 0 heterocycles. The van der Waals surface area contributed by atoms with E-state index in [2.05, 4.69) is 5.32 Å². The molecule has 0 aliphatic carbocycles. The van der Waals surface area contributed by atoms with Crippen LogP contribution < -0.4 is 9.62 Å². The molecule has 2 aromatic rings. The molecule has 7 nitrogen and oxygen atoms in total. The largest absolute Gasteiger partial charge is 0.354 e. The molecule has 186 valence electrons. The second kappa shape index (κ2) is 12.4. The fraction of sp³-hybridized carbons (Fsp3) is 0.417. The minimum atomic E-state index is -3.77. The maximum atomic E-state index is 13.6. The number of benzene rings is 2. The Morgan fingerprint density at radius 2 is 1.71 bits per heavy atom. The van der Waals surface area contributed by atoms with Gasteiger partial charge in [0.2, 0.25) is 21.8 Å². The fourth-order valence-corrected chi connectivity index (χ4v) is 4.76. The van der Waals surface area contributed by atoms with Crippen LogP contribution in [-0.2, 0) is 26.2 Å². The van der Waals surface area contributed by atoms with Crippen molar-refractivity contribution >= 4 is 50.7 Å². The van der Waals surface area contributed by atoms with Crippen LogP contribution in [0.3, 0.4) is 0 Å². The van der Waals surface area contributed by atoms with Crippen molar-refractivity contribution in [3.63, 3.8) is 0 Å². The number of amides is 2. The average Bonchev–Trinajstić information content (AvgIpc) is 2.77. The summed E-state index contributed by atoms with van der Waals surface area (Å²) in [6, 6.07) is 10.9. The van der Waals surface area contributed by atoms with Crippen LogP contribution in [0.25, 0.3) is 0 Å². The van der Waals surface area contributed by atoms with E-state index in [1.54, 1.807) is 49.4 Å². The molecule has 0 aliphatic heterocycles. The SMILES string of the molecule is CCCNC(=O)[C@@H](CC)N(Cc1ccc(Cl)cc1Cl)C(=O)CN(c1ccc(C)cc1)S(C)(=O)=O. The summed E-state index contributed by atoms with van der Waals surface area (Å²) in [6.45, 7) is 5.66. The van der Waals surface area contributed by atoms with Crippen molar-refractivity contribution < 1.29 is 18.0 Å². The summed E-state index contributed by atoms with van der Waals surface area (Å²) in [5.41, 5.74) is 1.93. The smallest absolute Gasteiger partial charge is 0.244 e. The maximum Gasteiger partial charge on any atom is 0.244 e. The van der Waals surface area contributed by atoms with E-state index in [1.165, 1.54) is 4.90 Å². The molecule has 2 rings (SSSR count). The first-order valence-electron chi connectivity index (χ1n) is 11.0. The van der Waals surface area contributed by atoms with Crippen LogP contribution in [0.5, 0.6) is 0 Å². The third kappa shape index (κ3) is 7.61. The van der Waals surface area contributed by atoms with Gasteiger partial charge in [0.15, 0.2) is 0 Å². The first kappa shape index (κ1) is 28.0. The van der Waals surface area contributed by atoms with Crippen LogP contribution in [0.15, 0.2) is 42.5 Å². The Morgan fingerprint density at radius 1 is 1.06 bits per heavy atom. The van der Waals surface area contributed by atoms with Crippen molar-refractivity contribution in [2.45, 2.75) is 46.2 Å². The zero-order chi connectivity index (χ0) is 25.5. The highest BCUT2D eigenvalue weighted by Gasteiger charge is 2.32. The highest BCUT2D eigenvalue weighted by molar-refractivity contribution is 7.92. The number of sulfonamides is 1. The molecule has 0 aromatic heterocycles. The summed E-state index contributed by atoms with van der Waals surface area (Å²) in [5, 5.41) is 3.63. The van der Waals surface area contributed by atoms with Gasteiger partial charge in [-0.2, -0.15) is 0 Å². The normalized spacial score (nSPS) is 12.2. The highest BCUT2D eigenvalue weighted by Crippen LogP contribution is 2.25. The van der Waals surface area contributed by atoms with E-state index < -0.39 is 28.5 Å². The Labute approximate surface area is 212 Å². The first-order valence-corrected chi connectivity index (χ1v) is 13.6. The number of rotatable bonds is 11. The first-order chi connectivity index (χ1) is 16.0. The molecular weight excluding hydrogens is 497 g/mol. The second-order valence-electron chi connectivity index (χ2n) is 8.08. The standard InChI is InChI=1S/C24H31Cl2N3O4S/c1-5-13-27-24(31)22(6-2)28(15-18-9-10-19(25)14-21(18)26)23(30)16-29(34(4,32)33)20-11-7-17(3)8-12-20/h7-12,14,22H,5-6,13,15-16H2,1-4H3,(H,27,31)/t22-/m1/s1. The molecule has 0 bridgehead atoms. The van der Waals surface area contributed by atoms with Crippen LogP contribution in [0.2, 0.25) is 10.0 Å². The number of halogens is 2. The van der Waals surface area contributed by atoms with Crippen molar-refractivity contribution in [3.8, 4) is 0 Å². The predicted molar refractivity (Wildman–Crippen MR) is 138 cm³/mol. The number of hydrogen-bond donors (Lipinski definition) is 1. The van der Waals surface area contributed by atoms with Gasteiger partial charge in [-0.15, -0.1) is 0 Å². The molecular formula is C24H31Cl2N3O4S. The molecule has 0 saturated carbocycles. The summed E-state index contributed by atoms with van der Waals surface area (Å²) in [6.07, 6.45) is 2.14. The molecule has 2 amide bonds. The molecule has 0 fully saturated rings. The minimum absolute atomic E-state index is 0.0262. The molecule has 0 saturated heterocycles. The Balaban J connectivity index is 2.44. The van der Waals surface area contributed by atoms with Crippen LogP contribution in [0.1, 0.15) is 37.8 Å². The molecule has 0 spiro atoms. The molecule has 0 aliphatic rings. The van der Waals surface area contributed by atoms with E-state index in [4.69, 9.17) is 23.2 Å². The number of nitrogens with zero attached hydrogens (tertiary/aromatic N) is 2. The molecule has 1 atom stereocenters. The monoisotopic (exact) mass is 527 g/mol. The Hall–Kier alpha value is -2.29. The third-order valence-electron chi connectivity index (χ3n) is 5.29. The van der Waals surface area contributed by atoms with Crippen molar-refractivity contribution in [2.75, 3.05) is 23.7 Å². The summed E-state index contributed by atoms with van der Waals surface area (Å²) in [4.78, 5) is 27.9. The number of nitrogens with one attached hydrogen (secondary N) is 1. The molecule has 34 heavy (non-hydrogen) atoms. The molecule has 0 radical (unpaired) electrons. The second-order valence-corrected chi connectivity index (χ2v) is 10.8. The minimum Gasteiger partial charge on any atom is -0.354 e. The van der Waals surface area contributed by atoms with E-state index in [1.807, 2.05) is 13.8 Å². The highest BCUT2D eigenvalue weighted by atomic mass is 35.5. The lowest BCUT2D eigenvalue weighted by atomic mass is 10.1. The topological polar surface area (TPSA) is 86.8 Å². The van der Waals surface area contributed by atoms with E-state index in [0.717, 1.165) is 22.5 Å². The summed E-state index contributed by atoms with van der Waals surface area (Å²) in [5.74, 6) is -0.820. The van der Waals surface area contributed by atoms with Gasteiger partial charge in [0.05, 0.1) is 11.9 Å². The van der Waals surface area contributed by atoms with E-state index in [9.17, 15) is 18.0 Å². The van der Waals surface area contributed by atoms with Crippen LogP contribution in [-0.4, -0.2) is 50.5 Å². The van der Waals surface area contributed by atoms with Gasteiger partial charge in [0.1, 0.15) is 12.6 Å². The van der Waals surface area contributed by atoms with Gasteiger partial charge in [0, 0.05) is 23.1 Å². The number of hydrogen-bond acceptors (Lipinski definition) is 4. The lowest BCUT2D eigenvalue weighted by Crippen LogP contribution is -2.52. The Morgan fingerprint density at radius 3 is 2.24 bits per heavy atom. The van der Waals surface area contributed by atoms with Crippen molar-refractivity contribution in [2.24, 2.45) is 0 Å². The molecule has 1 N–H and O–H groups in total. The van der Waals surface area contributed by atoms with Gasteiger partial charge in [-0.25, -0.2) is 8.42 Å². The van der Waals surface area contributed by atoms with Crippen molar-refractivity contribution in [3.05, 3.63) is 63.6 Å². The van der Waals surface area contributed by atoms with Crippen LogP contribution in [0, 0.1) is 6.92 Å². The van der Waals surface area contributed by atoms with Gasteiger partial charge in [-0.3, -0.25) is 13.9 Å². The summed E-state index contributed by atoms with van der Waals surface area (Å²) >= 11 is 12.4. The van der Waals surface area contributed by atoms with Gasteiger partial charge in [-0.05, 0) is 49.6 Å². The van der Waals surface area contributed by atoms with E-state index >= 15 is 0 Å². The Kier molecular flexibility index (Phi) is 10.2. The van der Waals surface area contributed by atoms with Crippen LogP contribution >= 0.6 is 23.2 Å². The Bertz CT molecular complexity index is 1110.